The van der Waals surface area contributed by atoms with Crippen LogP contribution in [0.5, 0.6) is 0 Å². The molecule has 1 fully saturated rings. The van der Waals surface area contributed by atoms with E-state index >= 15 is 0 Å². The van der Waals surface area contributed by atoms with Crippen LogP contribution in [-0.2, 0) is 19.3 Å². The third kappa shape index (κ3) is 4.20. The Morgan fingerprint density at radius 3 is 2.88 bits per heavy atom. The minimum absolute atomic E-state index is 0.0272. The smallest absolute Gasteiger partial charge is 0.371 e. The average Bonchev–Trinajstić information content (AvgIpc) is 3.45. The number of nitrogens with zero attached hydrogens (tertiary/aromatic N) is 6. The molecule has 8 nitrogen and oxygen atoms in total. The number of alkyl halides is 3. The van der Waals surface area contributed by atoms with E-state index in [2.05, 4.69) is 25.3 Å². The number of aliphatic hydroxyl groups excluding tert-OH is 1. The second-order valence-electron chi connectivity index (χ2n) is 8.43. The molecule has 174 valence electrons. The number of hydrogen-bond acceptors (Lipinski definition) is 7. The lowest BCUT2D eigenvalue weighted by atomic mass is 10.1. The van der Waals surface area contributed by atoms with Gasteiger partial charge in [0.15, 0.2) is 5.82 Å². The summed E-state index contributed by atoms with van der Waals surface area (Å²) in [6, 6.07) is 5.27. The Morgan fingerprint density at radius 2 is 2.06 bits per heavy atom. The van der Waals surface area contributed by atoms with Crippen molar-refractivity contribution in [3.05, 3.63) is 59.5 Å². The van der Waals surface area contributed by atoms with Crippen LogP contribution < -0.4 is 15.1 Å². The fourth-order valence-corrected chi connectivity index (χ4v) is 4.48. The SMILES string of the molecule is CN1c2cnc(NCc3cnn(Cc4cccc(C(F)(F)F)c4)c3)nc2N2CCC[C@H]2C1O. The van der Waals surface area contributed by atoms with Gasteiger partial charge < -0.3 is 20.2 Å². The predicted molar refractivity (Wildman–Crippen MR) is 117 cm³/mol. The van der Waals surface area contributed by atoms with E-state index in [4.69, 9.17) is 0 Å². The zero-order valence-electron chi connectivity index (χ0n) is 18.0. The molecule has 0 spiro atoms. The zero-order valence-corrected chi connectivity index (χ0v) is 18.0. The minimum Gasteiger partial charge on any atom is -0.371 e. The number of nitrogens with one attached hydrogen (secondary N) is 1. The molecule has 1 unspecified atom stereocenters. The first-order chi connectivity index (χ1) is 15.8. The quantitative estimate of drug-likeness (QED) is 0.607. The summed E-state index contributed by atoms with van der Waals surface area (Å²) in [5.41, 5.74) is 1.50. The molecule has 33 heavy (non-hydrogen) atoms. The lowest BCUT2D eigenvalue weighted by molar-refractivity contribution is -0.137. The number of rotatable bonds is 5. The molecular formula is C22H24F3N7O. The van der Waals surface area contributed by atoms with Gasteiger partial charge in [0.1, 0.15) is 11.9 Å². The van der Waals surface area contributed by atoms with Gasteiger partial charge in [-0.25, -0.2) is 4.98 Å². The van der Waals surface area contributed by atoms with E-state index in [1.807, 2.05) is 11.9 Å². The molecule has 1 aromatic carbocycles. The van der Waals surface area contributed by atoms with Gasteiger partial charge in [0.25, 0.3) is 0 Å². The van der Waals surface area contributed by atoms with E-state index in [0.29, 0.717) is 18.1 Å². The number of aliphatic hydroxyl groups is 1. The van der Waals surface area contributed by atoms with E-state index in [-0.39, 0.29) is 12.6 Å². The Morgan fingerprint density at radius 1 is 1.21 bits per heavy atom. The first-order valence-corrected chi connectivity index (χ1v) is 10.8. The van der Waals surface area contributed by atoms with Crippen molar-refractivity contribution in [1.82, 2.24) is 19.7 Å². The summed E-state index contributed by atoms with van der Waals surface area (Å²) >= 11 is 0. The first-order valence-electron chi connectivity index (χ1n) is 10.8. The van der Waals surface area contributed by atoms with Gasteiger partial charge in [-0.05, 0) is 30.5 Å². The highest BCUT2D eigenvalue weighted by atomic mass is 19.4. The third-order valence-corrected chi connectivity index (χ3v) is 6.18. The van der Waals surface area contributed by atoms with Crippen LogP contribution >= 0.6 is 0 Å². The maximum atomic E-state index is 12.9. The summed E-state index contributed by atoms with van der Waals surface area (Å²) in [4.78, 5) is 13.0. The molecule has 4 heterocycles. The van der Waals surface area contributed by atoms with Gasteiger partial charge in [-0.2, -0.15) is 23.3 Å². The first kappa shape index (κ1) is 21.5. The van der Waals surface area contributed by atoms with Crippen LogP contribution in [-0.4, -0.2) is 50.7 Å². The number of fused-ring (bicyclic) bond motifs is 3. The Kier molecular flexibility index (Phi) is 5.35. The van der Waals surface area contributed by atoms with Crippen molar-refractivity contribution in [1.29, 1.82) is 0 Å². The molecule has 0 saturated carbocycles. The molecule has 0 aliphatic carbocycles. The number of likely N-dealkylation sites (N-methyl/N-ethyl adjacent to an activating group) is 1. The van der Waals surface area contributed by atoms with Crippen LogP contribution in [0.4, 0.5) is 30.6 Å². The van der Waals surface area contributed by atoms with Crippen molar-refractivity contribution in [2.45, 2.75) is 44.4 Å². The van der Waals surface area contributed by atoms with Gasteiger partial charge >= 0.3 is 6.18 Å². The number of hydrogen-bond donors (Lipinski definition) is 2. The molecular weight excluding hydrogens is 435 g/mol. The number of anilines is 3. The fraction of sp³-hybridized carbons (Fsp3) is 0.409. The largest absolute Gasteiger partial charge is 0.416 e. The molecule has 0 radical (unpaired) electrons. The normalized spacial score (nSPS) is 20.0. The van der Waals surface area contributed by atoms with Gasteiger partial charge in [-0.15, -0.1) is 0 Å². The Hall–Kier alpha value is -3.34. The molecule has 0 amide bonds. The molecule has 1 saturated heterocycles. The molecule has 5 rings (SSSR count). The van der Waals surface area contributed by atoms with Crippen LogP contribution in [0.1, 0.15) is 29.5 Å². The monoisotopic (exact) mass is 459 g/mol. The summed E-state index contributed by atoms with van der Waals surface area (Å²) in [7, 11) is 1.84. The summed E-state index contributed by atoms with van der Waals surface area (Å²) in [6.07, 6.45) is 2.14. The number of halogens is 3. The Balaban J connectivity index is 1.26. The standard InChI is InChI=1S/C22H24F3N7O/c1-30-18-11-27-21(29-19(18)32-7-3-6-17(32)20(30)33)26-9-15-10-28-31(13-15)12-14-4-2-5-16(8-14)22(23,24)25/h2,4-5,8,10-11,13,17,20,33H,3,6-7,9,12H2,1H3,(H,26,27,29)/t17-,20?/m0/s1. The third-order valence-electron chi connectivity index (χ3n) is 6.18. The van der Waals surface area contributed by atoms with E-state index in [0.717, 1.165) is 48.6 Å². The van der Waals surface area contributed by atoms with Crippen molar-refractivity contribution in [2.24, 2.45) is 0 Å². The highest BCUT2D eigenvalue weighted by Crippen LogP contribution is 2.39. The van der Waals surface area contributed by atoms with Crippen LogP contribution in [0, 0.1) is 0 Å². The van der Waals surface area contributed by atoms with Gasteiger partial charge in [0.05, 0.1) is 30.5 Å². The lowest BCUT2D eigenvalue weighted by Crippen LogP contribution is -2.52. The molecule has 0 bridgehead atoms. The topological polar surface area (TPSA) is 82.3 Å². The second kappa shape index (κ2) is 8.22. The molecule has 3 aromatic rings. The van der Waals surface area contributed by atoms with Crippen molar-refractivity contribution in [3.8, 4) is 0 Å². The van der Waals surface area contributed by atoms with Crippen molar-refractivity contribution in [3.63, 3.8) is 0 Å². The van der Waals surface area contributed by atoms with Crippen molar-refractivity contribution in [2.75, 3.05) is 28.7 Å². The van der Waals surface area contributed by atoms with E-state index in [1.54, 1.807) is 29.3 Å². The minimum atomic E-state index is -4.37. The molecule has 2 atom stereocenters. The molecule has 11 heteroatoms. The van der Waals surface area contributed by atoms with Gasteiger partial charge in [0, 0.05) is 31.9 Å². The van der Waals surface area contributed by atoms with E-state index < -0.39 is 18.0 Å². The molecule has 2 aliphatic heterocycles. The zero-order chi connectivity index (χ0) is 23.2. The average molecular weight is 459 g/mol. The van der Waals surface area contributed by atoms with Crippen LogP contribution in [0.3, 0.4) is 0 Å². The number of benzene rings is 1. The van der Waals surface area contributed by atoms with Crippen molar-refractivity contribution < 1.29 is 18.3 Å². The summed E-state index contributed by atoms with van der Waals surface area (Å²) in [5, 5.41) is 18.0. The van der Waals surface area contributed by atoms with E-state index in [1.165, 1.54) is 6.07 Å². The maximum Gasteiger partial charge on any atom is 0.416 e. The van der Waals surface area contributed by atoms with Crippen LogP contribution in [0.15, 0.2) is 42.9 Å². The molecule has 2 N–H and O–H groups in total. The molecule has 2 aliphatic rings. The summed E-state index contributed by atoms with van der Waals surface area (Å²) < 4.78 is 40.4. The molecule has 2 aromatic heterocycles. The van der Waals surface area contributed by atoms with Gasteiger partial charge in [-0.3, -0.25) is 4.68 Å². The lowest BCUT2D eigenvalue weighted by Gasteiger charge is -2.42. The Labute approximate surface area is 188 Å². The fourth-order valence-electron chi connectivity index (χ4n) is 4.48. The summed E-state index contributed by atoms with van der Waals surface area (Å²) in [6.45, 7) is 1.51. The van der Waals surface area contributed by atoms with Crippen molar-refractivity contribution >= 4 is 17.5 Å². The van der Waals surface area contributed by atoms with Crippen LogP contribution in [0.25, 0.3) is 0 Å². The highest BCUT2D eigenvalue weighted by molar-refractivity contribution is 5.71. The maximum absolute atomic E-state index is 12.9. The number of aromatic nitrogens is 4. The van der Waals surface area contributed by atoms with Crippen LogP contribution in [0.2, 0.25) is 0 Å². The van der Waals surface area contributed by atoms with E-state index in [9.17, 15) is 18.3 Å². The highest BCUT2D eigenvalue weighted by Gasteiger charge is 2.40. The Bertz CT molecular complexity index is 1150. The van der Waals surface area contributed by atoms with Gasteiger partial charge in [0.2, 0.25) is 5.95 Å². The summed E-state index contributed by atoms with van der Waals surface area (Å²) in [5.74, 6) is 1.28. The predicted octanol–water partition coefficient (Wildman–Crippen LogP) is 3.09. The van der Waals surface area contributed by atoms with Gasteiger partial charge in [-0.1, -0.05) is 12.1 Å². The second-order valence-corrected chi connectivity index (χ2v) is 8.43.